The van der Waals surface area contributed by atoms with Crippen LogP contribution in [0, 0.1) is 20.8 Å². The molecule has 0 radical (unpaired) electrons. The van der Waals surface area contributed by atoms with Gasteiger partial charge in [0.1, 0.15) is 0 Å². The summed E-state index contributed by atoms with van der Waals surface area (Å²) in [6, 6.07) is 7.71. The summed E-state index contributed by atoms with van der Waals surface area (Å²) in [6.07, 6.45) is 1.58. The SMILES string of the molecule is Cc1cc(C)c(NC(=O)CSc2ccc(Cl)cn2)c(C)c1. The topological polar surface area (TPSA) is 42.0 Å². The number of pyridine rings is 1. The lowest BCUT2D eigenvalue weighted by Gasteiger charge is -2.12. The van der Waals surface area contributed by atoms with Crippen molar-refractivity contribution >= 4 is 35.0 Å². The average molecular weight is 321 g/mol. The van der Waals surface area contributed by atoms with Crippen molar-refractivity contribution in [3.05, 3.63) is 52.2 Å². The van der Waals surface area contributed by atoms with Crippen molar-refractivity contribution in [3.63, 3.8) is 0 Å². The molecular weight excluding hydrogens is 304 g/mol. The van der Waals surface area contributed by atoms with E-state index in [2.05, 4.69) is 22.4 Å². The molecule has 5 heteroatoms. The Bertz CT molecular complexity index is 633. The van der Waals surface area contributed by atoms with E-state index < -0.39 is 0 Å². The number of carbonyl (C=O) groups excluding carboxylic acids is 1. The highest BCUT2D eigenvalue weighted by molar-refractivity contribution is 7.99. The van der Waals surface area contributed by atoms with Crippen LogP contribution in [-0.4, -0.2) is 16.6 Å². The highest BCUT2D eigenvalue weighted by atomic mass is 35.5. The lowest BCUT2D eigenvalue weighted by molar-refractivity contribution is -0.113. The largest absolute Gasteiger partial charge is 0.325 e. The highest BCUT2D eigenvalue weighted by Crippen LogP contribution is 2.23. The van der Waals surface area contributed by atoms with Crippen LogP contribution in [0.25, 0.3) is 0 Å². The molecule has 2 aromatic rings. The molecule has 0 aliphatic carbocycles. The molecule has 0 bridgehead atoms. The lowest BCUT2D eigenvalue weighted by Crippen LogP contribution is -2.16. The number of halogens is 1. The van der Waals surface area contributed by atoms with Crippen molar-refractivity contribution in [2.45, 2.75) is 25.8 Å². The van der Waals surface area contributed by atoms with Gasteiger partial charge in [-0.25, -0.2) is 4.98 Å². The molecule has 2 rings (SSSR count). The van der Waals surface area contributed by atoms with E-state index in [-0.39, 0.29) is 5.91 Å². The Kier molecular flexibility index (Phi) is 5.26. The normalized spacial score (nSPS) is 10.5. The minimum atomic E-state index is -0.0354. The standard InChI is InChI=1S/C16H17ClN2OS/c1-10-6-11(2)16(12(3)7-10)19-14(20)9-21-15-5-4-13(17)8-18-15/h4-8H,9H2,1-3H3,(H,19,20). The molecule has 1 aromatic heterocycles. The Balaban J connectivity index is 1.97. The third kappa shape index (κ3) is 4.48. The first-order valence-electron chi connectivity index (χ1n) is 6.58. The van der Waals surface area contributed by atoms with Crippen molar-refractivity contribution in [1.82, 2.24) is 4.98 Å². The van der Waals surface area contributed by atoms with Gasteiger partial charge in [-0.15, -0.1) is 0 Å². The van der Waals surface area contributed by atoms with E-state index in [9.17, 15) is 4.79 Å². The fourth-order valence-corrected chi connectivity index (χ4v) is 2.89. The van der Waals surface area contributed by atoms with Gasteiger partial charge in [-0.1, -0.05) is 41.1 Å². The fraction of sp³-hybridized carbons (Fsp3) is 0.250. The van der Waals surface area contributed by atoms with Crippen molar-refractivity contribution < 1.29 is 4.79 Å². The Morgan fingerprint density at radius 2 is 1.90 bits per heavy atom. The van der Waals surface area contributed by atoms with Gasteiger partial charge in [-0.3, -0.25) is 4.79 Å². The van der Waals surface area contributed by atoms with Crippen LogP contribution in [-0.2, 0) is 4.79 Å². The van der Waals surface area contributed by atoms with Gasteiger partial charge in [0.25, 0.3) is 0 Å². The van der Waals surface area contributed by atoms with E-state index in [1.54, 1.807) is 12.3 Å². The van der Waals surface area contributed by atoms with Gasteiger partial charge in [0, 0.05) is 11.9 Å². The number of rotatable bonds is 4. The number of aromatic nitrogens is 1. The number of carbonyl (C=O) groups is 1. The predicted molar refractivity (Wildman–Crippen MR) is 89.3 cm³/mol. The Hall–Kier alpha value is -1.52. The van der Waals surface area contributed by atoms with Gasteiger partial charge < -0.3 is 5.32 Å². The smallest absolute Gasteiger partial charge is 0.234 e. The van der Waals surface area contributed by atoms with Gasteiger partial charge in [0.15, 0.2) is 0 Å². The third-order valence-corrected chi connectivity index (χ3v) is 4.16. The molecule has 0 saturated carbocycles. The maximum atomic E-state index is 12.1. The molecule has 0 atom stereocenters. The number of aryl methyl sites for hydroxylation is 3. The van der Waals surface area contributed by atoms with Crippen molar-refractivity contribution in [1.29, 1.82) is 0 Å². The third-order valence-electron chi connectivity index (χ3n) is 2.99. The van der Waals surface area contributed by atoms with Gasteiger partial charge >= 0.3 is 0 Å². The summed E-state index contributed by atoms with van der Waals surface area (Å²) in [5.74, 6) is 0.285. The molecule has 3 nitrogen and oxygen atoms in total. The lowest BCUT2D eigenvalue weighted by atomic mass is 10.1. The van der Waals surface area contributed by atoms with Gasteiger partial charge in [0.05, 0.1) is 15.8 Å². The van der Waals surface area contributed by atoms with Gasteiger partial charge in [0.2, 0.25) is 5.91 Å². The zero-order valence-corrected chi connectivity index (χ0v) is 13.8. The van der Waals surface area contributed by atoms with Crippen molar-refractivity contribution in [2.24, 2.45) is 0 Å². The first-order chi connectivity index (χ1) is 9.95. The summed E-state index contributed by atoms with van der Waals surface area (Å²) in [7, 11) is 0. The summed E-state index contributed by atoms with van der Waals surface area (Å²) in [6.45, 7) is 6.06. The van der Waals surface area contributed by atoms with Crippen LogP contribution in [0.2, 0.25) is 5.02 Å². The van der Waals surface area contributed by atoms with Crippen LogP contribution in [0.4, 0.5) is 5.69 Å². The second-order valence-electron chi connectivity index (χ2n) is 4.93. The van der Waals surface area contributed by atoms with E-state index >= 15 is 0 Å². The number of anilines is 1. The van der Waals surface area contributed by atoms with E-state index in [4.69, 9.17) is 11.6 Å². The minimum absolute atomic E-state index is 0.0354. The van der Waals surface area contributed by atoms with Crippen LogP contribution >= 0.6 is 23.4 Å². The van der Waals surface area contributed by atoms with Crippen LogP contribution in [0.1, 0.15) is 16.7 Å². The first-order valence-corrected chi connectivity index (χ1v) is 7.94. The summed E-state index contributed by atoms with van der Waals surface area (Å²) in [4.78, 5) is 16.2. The quantitative estimate of drug-likeness (QED) is 0.849. The molecule has 0 fully saturated rings. The second-order valence-corrected chi connectivity index (χ2v) is 6.36. The number of hydrogen-bond acceptors (Lipinski definition) is 3. The van der Waals surface area contributed by atoms with E-state index in [1.165, 1.54) is 17.3 Å². The fourth-order valence-electron chi connectivity index (χ4n) is 2.14. The molecule has 21 heavy (non-hydrogen) atoms. The summed E-state index contributed by atoms with van der Waals surface area (Å²) in [5, 5.41) is 4.35. The van der Waals surface area contributed by atoms with E-state index in [0.29, 0.717) is 10.8 Å². The molecule has 0 aliphatic rings. The minimum Gasteiger partial charge on any atom is -0.325 e. The molecule has 0 aliphatic heterocycles. The number of thioether (sulfide) groups is 1. The molecule has 1 aromatic carbocycles. The molecule has 1 heterocycles. The first kappa shape index (κ1) is 15.9. The average Bonchev–Trinajstić information content (AvgIpc) is 2.42. The molecule has 0 unspecified atom stereocenters. The predicted octanol–water partition coefficient (Wildman–Crippen LogP) is 4.39. The van der Waals surface area contributed by atoms with Crippen molar-refractivity contribution in [3.8, 4) is 0 Å². The van der Waals surface area contributed by atoms with Crippen molar-refractivity contribution in [2.75, 3.05) is 11.1 Å². The number of benzene rings is 1. The number of hydrogen-bond donors (Lipinski definition) is 1. The van der Waals surface area contributed by atoms with E-state index in [0.717, 1.165) is 21.8 Å². The van der Waals surface area contributed by atoms with Crippen LogP contribution in [0.3, 0.4) is 0 Å². The molecule has 0 saturated heterocycles. The van der Waals surface area contributed by atoms with E-state index in [1.807, 2.05) is 26.8 Å². The Morgan fingerprint density at radius 3 is 2.48 bits per heavy atom. The zero-order chi connectivity index (χ0) is 15.4. The summed E-state index contributed by atoms with van der Waals surface area (Å²) in [5.41, 5.74) is 4.25. The van der Waals surface area contributed by atoms with Crippen LogP contribution in [0.15, 0.2) is 35.5 Å². The molecule has 0 spiro atoms. The van der Waals surface area contributed by atoms with Gasteiger partial charge in [-0.2, -0.15) is 0 Å². The van der Waals surface area contributed by atoms with Crippen LogP contribution < -0.4 is 5.32 Å². The maximum absolute atomic E-state index is 12.1. The molecular formula is C16H17ClN2OS. The maximum Gasteiger partial charge on any atom is 0.234 e. The number of nitrogens with zero attached hydrogens (tertiary/aromatic N) is 1. The number of nitrogens with one attached hydrogen (secondary N) is 1. The molecule has 1 amide bonds. The summed E-state index contributed by atoms with van der Waals surface area (Å²) >= 11 is 7.17. The zero-order valence-electron chi connectivity index (χ0n) is 12.2. The highest BCUT2D eigenvalue weighted by Gasteiger charge is 2.09. The summed E-state index contributed by atoms with van der Waals surface area (Å²) < 4.78 is 0. The second kappa shape index (κ2) is 6.96. The van der Waals surface area contributed by atoms with Gasteiger partial charge in [-0.05, 0) is 44.0 Å². The molecule has 1 N–H and O–H groups in total. The Labute approximate surface area is 134 Å². The van der Waals surface area contributed by atoms with Crippen LogP contribution in [0.5, 0.6) is 0 Å². The monoisotopic (exact) mass is 320 g/mol. The Morgan fingerprint density at radius 1 is 1.24 bits per heavy atom. The molecule has 110 valence electrons. The number of amides is 1.